The monoisotopic (exact) mass is 551 g/mol. The number of rotatable bonds is 8. The maximum Gasteiger partial charge on any atom is 0.344 e. The van der Waals surface area contributed by atoms with E-state index in [4.69, 9.17) is 19.2 Å². The number of hydrogen-bond donors (Lipinski definition) is 1. The molecule has 208 valence electrons. The highest BCUT2D eigenvalue weighted by molar-refractivity contribution is 6.06. The number of tetrazole rings is 1. The summed E-state index contributed by atoms with van der Waals surface area (Å²) in [6.45, 7) is 6.65. The van der Waals surface area contributed by atoms with E-state index < -0.39 is 24.1 Å². The second-order valence-electron chi connectivity index (χ2n) is 10.2. The first-order valence-electron chi connectivity index (χ1n) is 13.1. The summed E-state index contributed by atoms with van der Waals surface area (Å²) in [6, 6.07) is 22.4. The highest BCUT2D eigenvalue weighted by Crippen LogP contribution is 2.36. The molecule has 10 heteroatoms. The zero-order valence-electron chi connectivity index (χ0n) is 23.2. The minimum absolute atomic E-state index is 0.197. The Kier molecular flexibility index (Phi) is 7.73. The van der Waals surface area contributed by atoms with Gasteiger partial charge in [0.25, 0.3) is 0 Å². The quantitative estimate of drug-likeness (QED) is 0.233. The number of aromatic amines is 1. The van der Waals surface area contributed by atoms with Crippen molar-refractivity contribution in [3.63, 3.8) is 0 Å². The number of pyridine rings is 1. The van der Waals surface area contributed by atoms with Crippen LogP contribution in [0.4, 0.5) is 0 Å². The number of carbonyl (C=O) groups is 2. The number of aryl methyl sites for hydroxylation is 1. The largest absolute Gasteiger partial charge is 0.457 e. The van der Waals surface area contributed by atoms with Crippen LogP contribution in [-0.2, 0) is 20.7 Å². The summed E-state index contributed by atoms with van der Waals surface area (Å²) < 4.78 is 17.0. The van der Waals surface area contributed by atoms with Crippen LogP contribution in [0.15, 0.2) is 72.8 Å². The van der Waals surface area contributed by atoms with E-state index in [9.17, 15) is 9.59 Å². The molecule has 0 fully saturated rings. The topological polar surface area (TPSA) is 129 Å². The van der Waals surface area contributed by atoms with E-state index in [1.807, 2.05) is 67.6 Å². The number of H-pyrrole nitrogens is 1. The first-order valence-corrected chi connectivity index (χ1v) is 13.1. The summed E-state index contributed by atoms with van der Waals surface area (Å²) in [5.41, 5.74) is 3.37. The molecule has 5 rings (SSSR count). The Bertz CT molecular complexity index is 1690. The molecule has 0 saturated heterocycles. The van der Waals surface area contributed by atoms with Gasteiger partial charge in [-0.05, 0) is 61.7 Å². The van der Waals surface area contributed by atoms with Gasteiger partial charge in [-0.25, -0.2) is 14.6 Å². The number of aromatic nitrogens is 5. The average molecular weight is 552 g/mol. The van der Waals surface area contributed by atoms with Crippen LogP contribution in [0, 0.1) is 0 Å². The van der Waals surface area contributed by atoms with Crippen LogP contribution in [0.2, 0.25) is 0 Å². The van der Waals surface area contributed by atoms with Crippen molar-refractivity contribution in [1.29, 1.82) is 0 Å². The summed E-state index contributed by atoms with van der Waals surface area (Å²) >= 11 is 0. The van der Waals surface area contributed by atoms with E-state index in [-0.39, 0.29) is 11.3 Å². The molecule has 0 unspecified atom stereocenters. The predicted molar refractivity (Wildman–Crippen MR) is 152 cm³/mol. The van der Waals surface area contributed by atoms with Crippen molar-refractivity contribution in [2.24, 2.45) is 0 Å². The number of hydrogen-bond acceptors (Lipinski definition) is 9. The fraction of sp³-hybridized carbons (Fsp3) is 0.226. The summed E-state index contributed by atoms with van der Waals surface area (Å²) in [4.78, 5) is 30.4. The van der Waals surface area contributed by atoms with Crippen molar-refractivity contribution >= 4 is 22.8 Å². The molecule has 5 aromatic rings. The molecule has 0 amide bonds. The highest BCUT2D eigenvalue weighted by atomic mass is 16.6. The minimum Gasteiger partial charge on any atom is -0.457 e. The fourth-order valence-electron chi connectivity index (χ4n) is 4.39. The second-order valence-corrected chi connectivity index (χ2v) is 10.2. The molecule has 0 aliphatic carbocycles. The minimum atomic E-state index is -0.704. The summed E-state index contributed by atoms with van der Waals surface area (Å²) in [6.07, 6.45) is 0.503. The number of esters is 2. The van der Waals surface area contributed by atoms with Crippen LogP contribution in [0.1, 0.15) is 43.7 Å². The van der Waals surface area contributed by atoms with Crippen LogP contribution >= 0.6 is 0 Å². The third-order valence-electron chi connectivity index (χ3n) is 6.10. The van der Waals surface area contributed by atoms with E-state index >= 15 is 0 Å². The maximum absolute atomic E-state index is 13.4. The van der Waals surface area contributed by atoms with Crippen LogP contribution in [0.3, 0.4) is 0 Å². The number of para-hydroxylation sites is 1. The van der Waals surface area contributed by atoms with E-state index in [0.29, 0.717) is 34.6 Å². The number of nitrogens with one attached hydrogen (secondary N) is 1. The molecule has 41 heavy (non-hydrogen) atoms. The summed E-state index contributed by atoms with van der Waals surface area (Å²) in [7, 11) is 0. The van der Waals surface area contributed by atoms with Gasteiger partial charge in [0.05, 0.1) is 11.2 Å². The Balaban J connectivity index is 1.48. The number of benzene rings is 3. The van der Waals surface area contributed by atoms with Gasteiger partial charge in [-0.3, -0.25) is 0 Å². The van der Waals surface area contributed by atoms with Gasteiger partial charge in [-0.2, -0.15) is 5.21 Å². The van der Waals surface area contributed by atoms with Gasteiger partial charge in [0, 0.05) is 10.9 Å². The van der Waals surface area contributed by atoms with Crippen LogP contribution in [0.5, 0.6) is 11.5 Å². The Hall–Kier alpha value is -5.12. The molecule has 2 aromatic heterocycles. The second kappa shape index (κ2) is 11.5. The van der Waals surface area contributed by atoms with E-state index in [2.05, 4.69) is 20.6 Å². The predicted octanol–water partition coefficient (Wildman–Crippen LogP) is 5.94. The van der Waals surface area contributed by atoms with Gasteiger partial charge < -0.3 is 14.2 Å². The molecule has 0 bridgehead atoms. The van der Waals surface area contributed by atoms with Gasteiger partial charge >= 0.3 is 11.9 Å². The van der Waals surface area contributed by atoms with Crippen molar-refractivity contribution in [2.75, 3.05) is 6.61 Å². The van der Waals surface area contributed by atoms with Crippen molar-refractivity contribution in [2.45, 2.75) is 39.7 Å². The molecule has 0 aliphatic rings. The van der Waals surface area contributed by atoms with Crippen molar-refractivity contribution in [3.8, 4) is 34.0 Å². The molecular formula is C31H29N5O5. The molecule has 0 atom stereocenters. The molecular weight excluding hydrogens is 522 g/mol. The molecule has 0 spiro atoms. The third kappa shape index (κ3) is 6.22. The molecule has 2 heterocycles. The Morgan fingerprint density at radius 2 is 1.61 bits per heavy atom. The Morgan fingerprint density at radius 1 is 0.902 bits per heavy atom. The normalized spacial score (nSPS) is 11.3. The third-order valence-corrected chi connectivity index (χ3v) is 6.10. The lowest BCUT2D eigenvalue weighted by Gasteiger charge is -2.20. The molecule has 0 radical (unpaired) electrons. The van der Waals surface area contributed by atoms with Gasteiger partial charge in [-0.15, -0.1) is 10.2 Å². The van der Waals surface area contributed by atoms with E-state index in [0.717, 1.165) is 16.7 Å². The molecule has 0 saturated carbocycles. The van der Waals surface area contributed by atoms with E-state index in [1.54, 1.807) is 32.9 Å². The molecule has 1 N–H and O–H groups in total. The first kappa shape index (κ1) is 27.4. The van der Waals surface area contributed by atoms with Crippen molar-refractivity contribution in [3.05, 3.63) is 84.1 Å². The van der Waals surface area contributed by atoms with Crippen molar-refractivity contribution in [1.82, 2.24) is 25.6 Å². The smallest absolute Gasteiger partial charge is 0.344 e. The lowest BCUT2D eigenvalue weighted by atomic mass is 9.99. The Labute approximate surface area is 236 Å². The number of ether oxygens (including phenoxy) is 3. The fourth-order valence-corrected chi connectivity index (χ4v) is 4.39. The van der Waals surface area contributed by atoms with Crippen LogP contribution in [-0.4, -0.2) is 49.8 Å². The van der Waals surface area contributed by atoms with Gasteiger partial charge in [-0.1, -0.05) is 61.5 Å². The zero-order valence-corrected chi connectivity index (χ0v) is 23.2. The number of nitrogens with zero attached hydrogens (tertiary/aromatic N) is 4. The summed E-state index contributed by atoms with van der Waals surface area (Å²) in [5, 5.41) is 14.9. The lowest BCUT2D eigenvalue weighted by molar-refractivity contribution is -0.158. The van der Waals surface area contributed by atoms with Crippen LogP contribution in [0.25, 0.3) is 33.4 Å². The zero-order chi connectivity index (χ0) is 29.0. The Morgan fingerprint density at radius 3 is 2.29 bits per heavy atom. The molecule has 3 aromatic carbocycles. The lowest BCUT2D eigenvalue weighted by Crippen LogP contribution is -2.27. The van der Waals surface area contributed by atoms with Crippen LogP contribution < -0.4 is 4.74 Å². The average Bonchev–Trinajstić information content (AvgIpc) is 3.50. The van der Waals surface area contributed by atoms with Gasteiger partial charge in [0.15, 0.2) is 12.4 Å². The number of fused-ring (bicyclic) bond motifs is 1. The maximum atomic E-state index is 13.4. The summed E-state index contributed by atoms with van der Waals surface area (Å²) in [5.74, 6) is -0.0757. The SMILES string of the molecule is CCc1nc2ccccc2c(C(=O)OCC(=O)OC(C)(C)C)c1Oc1ccc(-c2ccccc2-c2nn[nH]n2)cc1. The molecule has 10 nitrogen and oxygen atoms in total. The highest BCUT2D eigenvalue weighted by Gasteiger charge is 2.25. The number of carbonyl (C=O) groups excluding carboxylic acids is 2. The molecule has 0 aliphatic heterocycles. The van der Waals surface area contributed by atoms with Gasteiger partial charge in [0.2, 0.25) is 5.82 Å². The first-order chi connectivity index (χ1) is 19.7. The standard InChI is InChI=1S/C31H29N5O5/c1-5-24-28(27(23-12-8-9-13-25(23)32-24)30(38)39-18-26(37)41-31(2,3)4)40-20-16-14-19(15-17-20)21-10-6-7-11-22(21)29-33-35-36-34-29/h6-17H,5,18H2,1-4H3,(H,33,34,35,36). The van der Waals surface area contributed by atoms with Gasteiger partial charge in [0.1, 0.15) is 16.9 Å². The van der Waals surface area contributed by atoms with E-state index in [1.165, 1.54) is 0 Å². The van der Waals surface area contributed by atoms with Crippen molar-refractivity contribution < 1.29 is 23.8 Å².